The van der Waals surface area contributed by atoms with Crippen LogP contribution in [0.25, 0.3) is 0 Å². The highest BCUT2D eigenvalue weighted by Crippen LogP contribution is 2.12. The molecule has 0 aromatic heterocycles. The summed E-state index contributed by atoms with van der Waals surface area (Å²) in [7, 11) is -0.700. The van der Waals surface area contributed by atoms with Crippen LogP contribution in [0.2, 0.25) is 0 Å². The maximum atomic E-state index is 11.9. The van der Waals surface area contributed by atoms with Gasteiger partial charge in [-0.25, -0.2) is 0 Å². The summed E-state index contributed by atoms with van der Waals surface area (Å²) >= 11 is 0. The summed E-state index contributed by atoms with van der Waals surface area (Å²) in [5.74, 6) is 2.19. The Hall–Kier alpha value is -0.670. The van der Waals surface area contributed by atoms with Gasteiger partial charge >= 0.3 is 0 Å². The van der Waals surface area contributed by atoms with Gasteiger partial charge in [-0.3, -0.25) is 4.21 Å². The fraction of sp³-hybridized carbons (Fsp3) is 0.500. The largest absolute Gasteiger partial charge is 0.316 e. The summed E-state index contributed by atoms with van der Waals surface area (Å²) in [4.78, 5) is 0. The Balaban J connectivity index is 1.90. The highest BCUT2D eigenvalue weighted by molar-refractivity contribution is 7.84. The third-order valence-corrected chi connectivity index (χ3v) is 4.34. The lowest BCUT2D eigenvalue weighted by molar-refractivity contribution is 0.382. The van der Waals surface area contributed by atoms with Gasteiger partial charge in [0.2, 0.25) is 0 Å². The maximum Gasteiger partial charge on any atom is 0.0488 e. The molecule has 1 saturated heterocycles. The number of hydrogen-bond acceptors (Lipinski definition) is 2. The second-order valence-corrected chi connectivity index (χ2v) is 5.70. The molecule has 82 valence electrons. The summed E-state index contributed by atoms with van der Waals surface area (Å²) in [6.07, 6.45) is 0. The van der Waals surface area contributed by atoms with Crippen LogP contribution in [0.1, 0.15) is 11.1 Å². The van der Waals surface area contributed by atoms with Crippen molar-refractivity contribution in [2.75, 3.05) is 18.8 Å². The van der Waals surface area contributed by atoms with Crippen LogP contribution in [0.5, 0.6) is 0 Å². The Morgan fingerprint density at radius 2 is 2.13 bits per heavy atom. The molecule has 1 atom stereocenters. The predicted octanol–water partition coefficient (Wildman–Crippen LogP) is 1.46. The first-order valence-electron chi connectivity index (χ1n) is 5.36. The highest BCUT2D eigenvalue weighted by Gasteiger charge is 2.19. The molecule has 1 unspecified atom stereocenters. The van der Waals surface area contributed by atoms with Gasteiger partial charge in [-0.1, -0.05) is 24.3 Å². The fourth-order valence-electron chi connectivity index (χ4n) is 1.73. The molecule has 1 aromatic rings. The fourth-order valence-corrected chi connectivity index (χ4v) is 3.28. The minimum atomic E-state index is -0.700. The third kappa shape index (κ3) is 2.89. The molecule has 2 rings (SSSR count). The summed E-state index contributed by atoms with van der Waals surface area (Å²) in [5.41, 5.74) is 2.47. The molecule has 2 nitrogen and oxygen atoms in total. The van der Waals surface area contributed by atoms with Crippen molar-refractivity contribution in [3.05, 3.63) is 35.4 Å². The second-order valence-electron chi connectivity index (χ2n) is 4.20. The number of nitrogens with one attached hydrogen (secondary N) is 1. The molecule has 0 saturated carbocycles. The first-order valence-corrected chi connectivity index (χ1v) is 6.84. The molecule has 1 fully saturated rings. The van der Waals surface area contributed by atoms with E-state index >= 15 is 0 Å². The highest BCUT2D eigenvalue weighted by atomic mass is 32.2. The van der Waals surface area contributed by atoms with E-state index in [1.165, 1.54) is 11.1 Å². The molecule has 3 heteroatoms. The molecular weight excluding hydrogens is 206 g/mol. The minimum absolute atomic E-state index is 0.634. The van der Waals surface area contributed by atoms with Crippen LogP contribution in [-0.2, 0) is 16.6 Å². The van der Waals surface area contributed by atoms with Crippen molar-refractivity contribution in [1.29, 1.82) is 0 Å². The molecule has 1 heterocycles. The van der Waals surface area contributed by atoms with E-state index in [0.717, 1.165) is 18.8 Å². The zero-order chi connectivity index (χ0) is 10.7. The van der Waals surface area contributed by atoms with Crippen molar-refractivity contribution in [2.45, 2.75) is 12.7 Å². The SMILES string of the molecule is Cc1ccccc1CS(=O)CC1CNC1. The van der Waals surface area contributed by atoms with Gasteiger partial charge in [-0.05, 0) is 24.0 Å². The Morgan fingerprint density at radius 1 is 1.40 bits per heavy atom. The normalized spacial score (nSPS) is 18.5. The van der Waals surface area contributed by atoms with Crippen molar-refractivity contribution in [3.63, 3.8) is 0 Å². The predicted molar refractivity (Wildman–Crippen MR) is 64.3 cm³/mol. The minimum Gasteiger partial charge on any atom is -0.316 e. The van der Waals surface area contributed by atoms with Crippen molar-refractivity contribution in [1.82, 2.24) is 5.32 Å². The zero-order valence-electron chi connectivity index (χ0n) is 9.03. The van der Waals surface area contributed by atoms with Gasteiger partial charge in [-0.15, -0.1) is 0 Å². The van der Waals surface area contributed by atoms with E-state index in [9.17, 15) is 4.21 Å². The van der Waals surface area contributed by atoms with Crippen LogP contribution < -0.4 is 5.32 Å². The molecule has 1 aliphatic heterocycles. The second kappa shape index (κ2) is 4.90. The summed E-state index contributed by atoms with van der Waals surface area (Å²) in [5, 5.41) is 3.21. The molecule has 1 N–H and O–H groups in total. The number of rotatable bonds is 4. The molecule has 0 radical (unpaired) electrons. The number of aryl methyl sites for hydroxylation is 1. The topological polar surface area (TPSA) is 29.1 Å². The molecule has 0 amide bonds. The molecule has 15 heavy (non-hydrogen) atoms. The van der Waals surface area contributed by atoms with Crippen LogP contribution in [-0.4, -0.2) is 23.1 Å². The summed E-state index contributed by atoms with van der Waals surface area (Å²) in [6, 6.07) is 8.20. The summed E-state index contributed by atoms with van der Waals surface area (Å²) < 4.78 is 11.9. The lowest BCUT2D eigenvalue weighted by atomic mass is 10.1. The van der Waals surface area contributed by atoms with Gasteiger partial charge in [0.25, 0.3) is 0 Å². The monoisotopic (exact) mass is 223 g/mol. The first kappa shape index (κ1) is 10.8. The first-order chi connectivity index (χ1) is 7.25. The third-order valence-electron chi connectivity index (χ3n) is 2.87. The van der Waals surface area contributed by atoms with Gasteiger partial charge < -0.3 is 5.32 Å². The van der Waals surface area contributed by atoms with E-state index in [2.05, 4.69) is 24.4 Å². The summed E-state index contributed by atoms with van der Waals surface area (Å²) in [6.45, 7) is 4.16. The van der Waals surface area contributed by atoms with E-state index in [1.54, 1.807) is 0 Å². The molecule has 0 aliphatic carbocycles. The van der Waals surface area contributed by atoms with Crippen molar-refractivity contribution >= 4 is 10.8 Å². The number of benzene rings is 1. The quantitative estimate of drug-likeness (QED) is 0.837. The standard InChI is InChI=1S/C12H17NOS/c1-10-4-2-3-5-12(10)9-15(14)8-11-6-13-7-11/h2-5,11,13H,6-9H2,1H3. The average Bonchev–Trinajstić information content (AvgIpc) is 2.16. The van der Waals surface area contributed by atoms with Gasteiger partial charge in [0.05, 0.1) is 0 Å². The van der Waals surface area contributed by atoms with Gasteiger partial charge in [0, 0.05) is 35.4 Å². The zero-order valence-corrected chi connectivity index (χ0v) is 9.85. The van der Waals surface area contributed by atoms with E-state index in [1.807, 2.05) is 12.1 Å². The van der Waals surface area contributed by atoms with Crippen LogP contribution in [0.4, 0.5) is 0 Å². The van der Waals surface area contributed by atoms with Crippen LogP contribution in [0.3, 0.4) is 0 Å². The van der Waals surface area contributed by atoms with E-state index < -0.39 is 10.8 Å². The Kier molecular flexibility index (Phi) is 3.54. The maximum absolute atomic E-state index is 11.9. The van der Waals surface area contributed by atoms with Crippen molar-refractivity contribution in [2.24, 2.45) is 5.92 Å². The van der Waals surface area contributed by atoms with Crippen LogP contribution in [0, 0.1) is 12.8 Å². The van der Waals surface area contributed by atoms with Crippen molar-refractivity contribution in [3.8, 4) is 0 Å². The Morgan fingerprint density at radius 3 is 2.73 bits per heavy atom. The average molecular weight is 223 g/mol. The molecular formula is C12H17NOS. The van der Waals surface area contributed by atoms with Gasteiger partial charge in [-0.2, -0.15) is 0 Å². The van der Waals surface area contributed by atoms with E-state index in [4.69, 9.17) is 0 Å². The van der Waals surface area contributed by atoms with E-state index in [0.29, 0.717) is 11.7 Å². The Bertz CT molecular complexity index is 360. The van der Waals surface area contributed by atoms with Gasteiger partial charge in [0.1, 0.15) is 0 Å². The molecule has 1 aromatic carbocycles. The lowest BCUT2D eigenvalue weighted by Crippen LogP contribution is -2.44. The number of hydrogen-bond donors (Lipinski definition) is 1. The van der Waals surface area contributed by atoms with Crippen molar-refractivity contribution < 1.29 is 4.21 Å². The molecule has 0 spiro atoms. The van der Waals surface area contributed by atoms with Crippen LogP contribution >= 0.6 is 0 Å². The molecule has 0 bridgehead atoms. The van der Waals surface area contributed by atoms with Gasteiger partial charge in [0.15, 0.2) is 0 Å². The van der Waals surface area contributed by atoms with Crippen LogP contribution in [0.15, 0.2) is 24.3 Å². The Labute approximate surface area is 93.5 Å². The lowest BCUT2D eigenvalue weighted by Gasteiger charge is -2.26. The molecule has 1 aliphatic rings. The van der Waals surface area contributed by atoms with E-state index in [-0.39, 0.29) is 0 Å². The smallest absolute Gasteiger partial charge is 0.0488 e.